The maximum Gasteiger partial charge on any atom is 0.0303 e. The van der Waals surface area contributed by atoms with Crippen molar-refractivity contribution in [2.24, 2.45) is 5.73 Å². The Morgan fingerprint density at radius 1 is 1.38 bits per heavy atom. The van der Waals surface area contributed by atoms with Crippen LogP contribution < -0.4 is 5.73 Å². The highest BCUT2D eigenvalue weighted by Crippen LogP contribution is 2.33. The predicted molar refractivity (Wildman–Crippen MR) is 75.1 cm³/mol. The van der Waals surface area contributed by atoms with Gasteiger partial charge in [0.25, 0.3) is 0 Å². The molecule has 0 spiro atoms. The smallest absolute Gasteiger partial charge is 0.0303 e. The van der Waals surface area contributed by atoms with Crippen LogP contribution in [0.2, 0.25) is 0 Å². The highest BCUT2D eigenvalue weighted by atomic mass is 32.2. The number of hydrogen-bond acceptors (Lipinski definition) is 3. The van der Waals surface area contributed by atoms with E-state index in [1.165, 1.54) is 38.1 Å². The first-order valence-electron chi connectivity index (χ1n) is 6.52. The number of nitrogens with two attached hydrogens (primary N) is 1. The average molecular weight is 244 g/mol. The molecule has 2 nitrogen and oxygen atoms in total. The van der Waals surface area contributed by atoms with E-state index in [2.05, 4.69) is 44.4 Å². The molecule has 1 atom stereocenters. The standard InChI is InChI=1S/C13H28N2S/c1-5-6-13(4,11-14)15-8-7-12(2,3)16-10-9-15/h5-11,14H2,1-4H3. The van der Waals surface area contributed by atoms with Crippen LogP contribution in [0.5, 0.6) is 0 Å². The van der Waals surface area contributed by atoms with E-state index in [-0.39, 0.29) is 5.54 Å². The average Bonchev–Trinajstić information content (AvgIpc) is 2.40. The molecule has 0 aromatic rings. The Morgan fingerprint density at radius 2 is 2.06 bits per heavy atom. The third-order valence-electron chi connectivity index (χ3n) is 3.83. The second-order valence-corrected chi connectivity index (χ2v) is 7.60. The first-order chi connectivity index (χ1) is 7.43. The fourth-order valence-electron chi connectivity index (χ4n) is 2.49. The van der Waals surface area contributed by atoms with Crippen molar-refractivity contribution in [3.8, 4) is 0 Å². The van der Waals surface area contributed by atoms with Crippen LogP contribution in [0.1, 0.15) is 47.0 Å². The summed E-state index contributed by atoms with van der Waals surface area (Å²) in [4.78, 5) is 2.62. The molecular formula is C13H28N2S. The maximum atomic E-state index is 5.99. The van der Waals surface area contributed by atoms with Crippen LogP contribution >= 0.6 is 11.8 Å². The van der Waals surface area contributed by atoms with Gasteiger partial charge in [-0.2, -0.15) is 11.8 Å². The molecule has 0 aromatic carbocycles. The van der Waals surface area contributed by atoms with Crippen LogP contribution in [0.25, 0.3) is 0 Å². The Morgan fingerprint density at radius 3 is 2.62 bits per heavy atom. The third kappa shape index (κ3) is 3.64. The summed E-state index contributed by atoms with van der Waals surface area (Å²) in [6, 6.07) is 0. The van der Waals surface area contributed by atoms with Crippen molar-refractivity contribution in [1.82, 2.24) is 4.90 Å². The molecule has 3 heteroatoms. The third-order valence-corrected chi connectivity index (χ3v) is 5.20. The van der Waals surface area contributed by atoms with Gasteiger partial charge >= 0.3 is 0 Å². The molecule has 2 N–H and O–H groups in total. The van der Waals surface area contributed by atoms with Crippen molar-refractivity contribution in [2.75, 3.05) is 25.4 Å². The summed E-state index contributed by atoms with van der Waals surface area (Å²) in [7, 11) is 0. The normalized spacial score (nSPS) is 26.1. The molecule has 1 aliphatic heterocycles. The van der Waals surface area contributed by atoms with Gasteiger partial charge in [0.15, 0.2) is 0 Å². The van der Waals surface area contributed by atoms with E-state index in [1.54, 1.807) is 0 Å². The zero-order valence-electron chi connectivity index (χ0n) is 11.4. The summed E-state index contributed by atoms with van der Waals surface area (Å²) in [5.41, 5.74) is 6.21. The van der Waals surface area contributed by atoms with Crippen LogP contribution in [0.4, 0.5) is 0 Å². The topological polar surface area (TPSA) is 29.3 Å². The highest BCUT2D eigenvalue weighted by molar-refractivity contribution is 8.00. The van der Waals surface area contributed by atoms with Crippen LogP contribution in [-0.4, -0.2) is 40.6 Å². The van der Waals surface area contributed by atoms with Gasteiger partial charge in [0.2, 0.25) is 0 Å². The molecule has 1 rings (SSSR count). The van der Waals surface area contributed by atoms with Crippen LogP contribution in [-0.2, 0) is 0 Å². The Hall–Kier alpha value is 0.270. The molecule has 1 fully saturated rings. The van der Waals surface area contributed by atoms with Gasteiger partial charge in [0.1, 0.15) is 0 Å². The maximum absolute atomic E-state index is 5.99. The first kappa shape index (κ1) is 14.3. The Labute approximate surface area is 105 Å². The summed E-state index contributed by atoms with van der Waals surface area (Å²) >= 11 is 2.11. The fourth-order valence-corrected chi connectivity index (χ4v) is 3.59. The fraction of sp³-hybridized carbons (Fsp3) is 1.00. The van der Waals surface area contributed by atoms with Crippen molar-refractivity contribution in [3.05, 3.63) is 0 Å². The quantitative estimate of drug-likeness (QED) is 0.824. The molecule has 1 unspecified atom stereocenters. The Kier molecular flexibility index (Phi) is 5.14. The van der Waals surface area contributed by atoms with Gasteiger partial charge in [-0.25, -0.2) is 0 Å². The minimum Gasteiger partial charge on any atom is -0.329 e. The van der Waals surface area contributed by atoms with E-state index in [0.717, 1.165) is 6.54 Å². The van der Waals surface area contributed by atoms with E-state index >= 15 is 0 Å². The second-order valence-electron chi connectivity index (χ2n) is 5.80. The molecule has 96 valence electrons. The van der Waals surface area contributed by atoms with Crippen molar-refractivity contribution >= 4 is 11.8 Å². The van der Waals surface area contributed by atoms with Gasteiger partial charge < -0.3 is 5.73 Å². The van der Waals surface area contributed by atoms with Crippen molar-refractivity contribution < 1.29 is 0 Å². The number of nitrogens with zero attached hydrogens (tertiary/aromatic N) is 1. The van der Waals surface area contributed by atoms with Gasteiger partial charge in [-0.3, -0.25) is 4.90 Å². The zero-order valence-corrected chi connectivity index (χ0v) is 12.2. The molecular weight excluding hydrogens is 216 g/mol. The minimum atomic E-state index is 0.218. The largest absolute Gasteiger partial charge is 0.329 e. The van der Waals surface area contributed by atoms with Crippen LogP contribution in [0.3, 0.4) is 0 Å². The van der Waals surface area contributed by atoms with Crippen molar-refractivity contribution in [1.29, 1.82) is 0 Å². The van der Waals surface area contributed by atoms with Crippen LogP contribution in [0, 0.1) is 0 Å². The monoisotopic (exact) mass is 244 g/mol. The lowest BCUT2D eigenvalue weighted by Gasteiger charge is -2.40. The number of thioether (sulfide) groups is 1. The molecule has 0 aliphatic carbocycles. The summed E-state index contributed by atoms with van der Waals surface area (Å²) < 4.78 is 0.441. The summed E-state index contributed by atoms with van der Waals surface area (Å²) in [5, 5.41) is 0. The molecule has 1 aliphatic rings. The number of hydrogen-bond donors (Lipinski definition) is 1. The zero-order chi connectivity index (χ0) is 12.2. The van der Waals surface area contributed by atoms with E-state index in [0.29, 0.717) is 4.75 Å². The molecule has 0 bridgehead atoms. The highest BCUT2D eigenvalue weighted by Gasteiger charge is 2.33. The lowest BCUT2D eigenvalue weighted by molar-refractivity contribution is 0.107. The molecule has 1 saturated heterocycles. The molecule has 1 heterocycles. The van der Waals surface area contributed by atoms with Crippen molar-refractivity contribution in [2.45, 2.75) is 57.2 Å². The molecule has 0 saturated carbocycles. The van der Waals surface area contributed by atoms with Crippen molar-refractivity contribution in [3.63, 3.8) is 0 Å². The lowest BCUT2D eigenvalue weighted by atomic mass is 9.93. The molecule has 0 aromatic heterocycles. The molecule has 0 radical (unpaired) electrons. The van der Waals surface area contributed by atoms with Crippen LogP contribution in [0.15, 0.2) is 0 Å². The summed E-state index contributed by atoms with van der Waals surface area (Å²) in [6.07, 6.45) is 3.71. The van der Waals surface area contributed by atoms with Gasteiger partial charge in [-0.05, 0) is 19.8 Å². The SMILES string of the molecule is CCCC(C)(CN)N1CCSC(C)(C)CC1. The number of rotatable bonds is 4. The Balaban J connectivity index is 2.65. The van der Waals surface area contributed by atoms with Gasteiger partial charge in [0.05, 0.1) is 0 Å². The van der Waals surface area contributed by atoms with Gasteiger partial charge in [-0.15, -0.1) is 0 Å². The van der Waals surface area contributed by atoms with E-state index in [4.69, 9.17) is 5.73 Å². The molecule has 16 heavy (non-hydrogen) atoms. The summed E-state index contributed by atoms with van der Waals surface area (Å²) in [6.45, 7) is 12.5. The van der Waals surface area contributed by atoms with E-state index < -0.39 is 0 Å². The summed E-state index contributed by atoms with van der Waals surface area (Å²) in [5.74, 6) is 1.24. The molecule has 0 amide bonds. The van der Waals surface area contributed by atoms with E-state index in [1.807, 2.05) is 0 Å². The lowest BCUT2D eigenvalue weighted by Crippen LogP contribution is -2.52. The first-order valence-corrected chi connectivity index (χ1v) is 7.51. The minimum absolute atomic E-state index is 0.218. The predicted octanol–water partition coefficient (Wildman–Crippen LogP) is 2.72. The second kappa shape index (κ2) is 5.74. The van der Waals surface area contributed by atoms with Gasteiger partial charge in [-0.1, -0.05) is 27.2 Å². The van der Waals surface area contributed by atoms with Gasteiger partial charge in [0, 0.05) is 35.7 Å². The van der Waals surface area contributed by atoms with E-state index in [9.17, 15) is 0 Å². The Bertz CT molecular complexity index is 218.